The van der Waals surface area contributed by atoms with Gasteiger partial charge in [0.1, 0.15) is 5.78 Å². The predicted molar refractivity (Wildman–Crippen MR) is 67.8 cm³/mol. The van der Waals surface area contributed by atoms with E-state index in [0.717, 1.165) is 0 Å². The zero-order chi connectivity index (χ0) is 13.7. The van der Waals surface area contributed by atoms with E-state index in [2.05, 4.69) is 5.32 Å². The summed E-state index contributed by atoms with van der Waals surface area (Å²) in [5.74, 6) is -0.283. The van der Waals surface area contributed by atoms with Gasteiger partial charge < -0.3 is 10.1 Å². The SMILES string of the molecule is CC(C)(C)OCCNC(=O)CC(=O)C(C)(C)C. The third-order valence-electron chi connectivity index (χ3n) is 2.12. The van der Waals surface area contributed by atoms with Gasteiger partial charge in [-0.05, 0) is 20.8 Å². The van der Waals surface area contributed by atoms with Crippen LogP contribution in [0, 0.1) is 5.41 Å². The van der Waals surface area contributed by atoms with Crippen LogP contribution >= 0.6 is 0 Å². The topological polar surface area (TPSA) is 55.4 Å². The largest absolute Gasteiger partial charge is 0.374 e. The number of amides is 1. The maximum Gasteiger partial charge on any atom is 0.227 e. The Morgan fingerprint density at radius 3 is 2.00 bits per heavy atom. The van der Waals surface area contributed by atoms with Crippen molar-refractivity contribution in [2.45, 2.75) is 53.6 Å². The van der Waals surface area contributed by atoms with Crippen molar-refractivity contribution in [1.82, 2.24) is 5.32 Å². The fraction of sp³-hybridized carbons (Fsp3) is 0.846. The van der Waals surface area contributed by atoms with Crippen molar-refractivity contribution in [2.24, 2.45) is 5.41 Å². The first-order valence-electron chi connectivity index (χ1n) is 5.96. The van der Waals surface area contributed by atoms with Crippen LogP contribution < -0.4 is 5.32 Å². The second kappa shape index (κ2) is 6.15. The lowest BCUT2D eigenvalue weighted by molar-refractivity contribution is -0.132. The van der Waals surface area contributed by atoms with Gasteiger partial charge in [0, 0.05) is 12.0 Å². The number of Topliss-reactive ketones (excluding diaryl/α,β-unsaturated/α-hetero) is 1. The van der Waals surface area contributed by atoms with E-state index >= 15 is 0 Å². The van der Waals surface area contributed by atoms with Crippen LogP contribution in [0.25, 0.3) is 0 Å². The molecule has 0 unspecified atom stereocenters. The average molecular weight is 243 g/mol. The van der Waals surface area contributed by atoms with E-state index in [1.54, 1.807) is 0 Å². The van der Waals surface area contributed by atoms with Gasteiger partial charge in [-0.1, -0.05) is 20.8 Å². The standard InChI is InChI=1S/C13H25NO3/c1-12(2,3)10(15)9-11(16)14-7-8-17-13(4,5)6/h7-9H2,1-6H3,(H,14,16). The molecule has 0 aromatic heterocycles. The van der Waals surface area contributed by atoms with Crippen LogP contribution in [-0.4, -0.2) is 30.4 Å². The summed E-state index contributed by atoms with van der Waals surface area (Å²) in [7, 11) is 0. The molecule has 4 heteroatoms. The van der Waals surface area contributed by atoms with Crippen LogP contribution in [0.1, 0.15) is 48.0 Å². The van der Waals surface area contributed by atoms with Crippen LogP contribution in [-0.2, 0) is 14.3 Å². The van der Waals surface area contributed by atoms with Gasteiger partial charge in [0.25, 0.3) is 0 Å². The minimum atomic E-state index is -0.459. The Morgan fingerprint density at radius 1 is 1.06 bits per heavy atom. The molecule has 0 saturated carbocycles. The molecule has 0 fully saturated rings. The highest BCUT2D eigenvalue weighted by Gasteiger charge is 2.23. The Balaban J connectivity index is 3.79. The van der Waals surface area contributed by atoms with Crippen molar-refractivity contribution in [1.29, 1.82) is 0 Å². The van der Waals surface area contributed by atoms with Crippen LogP contribution in [0.5, 0.6) is 0 Å². The van der Waals surface area contributed by atoms with Gasteiger partial charge in [-0.15, -0.1) is 0 Å². The van der Waals surface area contributed by atoms with Crippen molar-refractivity contribution in [3.63, 3.8) is 0 Å². The highest BCUT2D eigenvalue weighted by Crippen LogP contribution is 2.16. The molecule has 0 heterocycles. The quantitative estimate of drug-likeness (QED) is 0.593. The summed E-state index contributed by atoms with van der Waals surface area (Å²) in [4.78, 5) is 23.0. The van der Waals surface area contributed by atoms with Gasteiger partial charge >= 0.3 is 0 Å². The first kappa shape index (κ1) is 16.1. The lowest BCUT2D eigenvalue weighted by Crippen LogP contribution is -2.34. The van der Waals surface area contributed by atoms with Crippen LogP contribution in [0.4, 0.5) is 0 Å². The fourth-order valence-electron chi connectivity index (χ4n) is 1.02. The number of hydrogen-bond acceptors (Lipinski definition) is 3. The zero-order valence-corrected chi connectivity index (χ0v) is 11.8. The Bertz CT molecular complexity index is 271. The lowest BCUT2D eigenvalue weighted by atomic mass is 9.89. The van der Waals surface area contributed by atoms with Crippen molar-refractivity contribution in [3.05, 3.63) is 0 Å². The van der Waals surface area contributed by atoms with E-state index in [0.29, 0.717) is 13.2 Å². The van der Waals surface area contributed by atoms with Crippen molar-refractivity contribution in [3.8, 4) is 0 Å². The van der Waals surface area contributed by atoms with Crippen molar-refractivity contribution < 1.29 is 14.3 Å². The summed E-state index contributed by atoms with van der Waals surface area (Å²) >= 11 is 0. The molecule has 0 saturated heterocycles. The molecule has 0 aliphatic heterocycles. The highest BCUT2D eigenvalue weighted by molar-refractivity contribution is 6.00. The predicted octanol–water partition coefficient (Wildman–Crippen LogP) is 1.92. The summed E-state index contributed by atoms with van der Waals surface area (Å²) in [6, 6.07) is 0. The van der Waals surface area contributed by atoms with E-state index in [9.17, 15) is 9.59 Å². The Kier molecular flexibility index (Phi) is 5.82. The Labute approximate surface area is 104 Å². The average Bonchev–Trinajstić information content (AvgIpc) is 2.09. The molecule has 17 heavy (non-hydrogen) atoms. The molecule has 0 aliphatic rings. The third-order valence-corrected chi connectivity index (χ3v) is 2.12. The van der Waals surface area contributed by atoms with E-state index in [4.69, 9.17) is 4.74 Å². The van der Waals surface area contributed by atoms with Crippen LogP contribution in [0.3, 0.4) is 0 Å². The number of carbonyl (C=O) groups is 2. The second-order valence-electron chi connectivity index (χ2n) is 6.16. The molecule has 0 atom stereocenters. The molecule has 1 amide bonds. The molecule has 1 N–H and O–H groups in total. The number of ketones is 1. The van der Waals surface area contributed by atoms with E-state index < -0.39 is 5.41 Å². The van der Waals surface area contributed by atoms with Crippen molar-refractivity contribution in [2.75, 3.05) is 13.2 Å². The van der Waals surface area contributed by atoms with Crippen LogP contribution in [0.2, 0.25) is 0 Å². The molecular weight excluding hydrogens is 218 g/mol. The maximum atomic E-state index is 11.6. The summed E-state index contributed by atoms with van der Waals surface area (Å²) < 4.78 is 5.45. The first-order chi connectivity index (χ1) is 7.52. The minimum Gasteiger partial charge on any atom is -0.374 e. The lowest BCUT2D eigenvalue weighted by Gasteiger charge is -2.20. The van der Waals surface area contributed by atoms with Gasteiger partial charge in [0.15, 0.2) is 0 Å². The number of hydrogen-bond donors (Lipinski definition) is 1. The first-order valence-corrected chi connectivity index (χ1v) is 5.96. The highest BCUT2D eigenvalue weighted by atomic mass is 16.5. The molecule has 0 aromatic rings. The maximum absolute atomic E-state index is 11.6. The fourth-order valence-corrected chi connectivity index (χ4v) is 1.02. The third kappa shape index (κ3) is 8.86. The molecule has 0 radical (unpaired) electrons. The molecule has 0 rings (SSSR count). The van der Waals surface area contributed by atoms with E-state index in [1.807, 2.05) is 41.5 Å². The molecule has 0 aliphatic carbocycles. The molecule has 0 bridgehead atoms. The van der Waals surface area contributed by atoms with Gasteiger partial charge in [-0.3, -0.25) is 9.59 Å². The number of ether oxygens (including phenoxy) is 1. The molecule has 0 spiro atoms. The molecule has 100 valence electrons. The smallest absolute Gasteiger partial charge is 0.227 e. The van der Waals surface area contributed by atoms with E-state index in [1.165, 1.54) is 0 Å². The van der Waals surface area contributed by atoms with Gasteiger partial charge in [0.05, 0.1) is 18.6 Å². The summed E-state index contributed by atoms with van der Waals surface area (Å²) in [6.07, 6.45) is -0.0565. The number of rotatable bonds is 5. The second-order valence-corrected chi connectivity index (χ2v) is 6.16. The number of nitrogens with one attached hydrogen (secondary N) is 1. The van der Waals surface area contributed by atoms with E-state index in [-0.39, 0.29) is 23.7 Å². The van der Waals surface area contributed by atoms with Crippen molar-refractivity contribution >= 4 is 11.7 Å². The van der Waals surface area contributed by atoms with Gasteiger partial charge in [0.2, 0.25) is 5.91 Å². The molecule has 0 aromatic carbocycles. The van der Waals surface area contributed by atoms with Crippen LogP contribution in [0.15, 0.2) is 0 Å². The zero-order valence-electron chi connectivity index (χ0n) is 11.8. The minimum absolute atomic E-state index is 0.0493. The van der Waals surface area contributed by atoms with Gasteiger partial charge in [-0.2, -0.15) is 0 Å². The number of carbonyl (C=O) groups excluding carboxylic acids is 2. The summed E-state index contributed by atoms with van der Waals surface area (Å²) in [5.41, 5.74) is -0.662. The normalized spacial score (nSPS) is 12.4. The van der Waals surface area contributed by atoms with Gasteiger partial charge in [-0.25, -0.2) is 0 Å². The molecule has 4 nitrogen and oxygen atoms in total. The Hall–Kier alpha value is -0.900. The summed E-state index contributed by atoms with van der Waals surface area (Å²) in [5, 5.41) is 2.67. The Morgan fingerprint density at radius 2 is 1.59 bits per heavy atom. The summed E-state index contributed by atoms with van der Waals surface area (Å²) in [6.45, 7) is 12.2. The molecular formula is C13H25NO3. The monoisotopic (exact) mass is 243 g/mol.